The zero-order valence-electron chi connectivity index (χ0n) is 18.5. The number of nitrogens with zero attached hydrogens (tertiary/aromatic N) is 4. The van der Waals surface area contributed by atoms with E-state index in [1.54, 1.807) is 0 Å². The van der Waals surface area contributed by atoms with Gasteiger partial charge in [0.05, 0.1) is 16.8 Å². The summed E-state index contributed by atoms with van der Waals surface area (Å²) in [4.78, 5) is 14.5. The maximum Gasteiger partial charge on any atom is 0.227 e. The van der Waals surface area contributed by atoms with Crippen LogP contribution in [-0.2, 0) is 0 Å². The summed E-state index contributed by atoms with van der Waals surface area (Å²) in [6.45, 7) is 8.17. The van der Waals surface area contributed by atoms with E-state index in [0.717, 1.165) is 67.1 Å². The number of aromatic nitrogens is 4. The molecule has 0 unspecified atom stereocenters. The van der Waals surface area contributed by atoms with E-state index in [1.807, 2.05) is 26.0 Å². The van der Waals surface area contributed by atoms with Gasteiger partial charge in [-0.05, 0) is 63.6 Å². The van der Waals surface area contributed by atoms with Crippen LogP contribution in [0.25, 0.3) is 50.2 Å². The minimum atomic E-state index is 0.652. The molecule has 0 aliphatic carbocycles. The van der Waals surface area contributed by atoms with Crippen molar-refractivity contribution in [3.63, 3.8) is 0 Å². The summed E-state index contributed by atoms with van der Waals surface area (Å²) in [5, 5.41) is 2.05. The Kier molecular flexibility index (Phi) is 3.96. The monoisotopic (exact) mass is 418 g/mol. The van der Waals surface area contributed by atoms with Gasteiger partial charge in [0.1, 0.15) is 16.9 Å². The number of hydrogen-bond acceptors (Lipinski definition) is 4. The van der Waals surface area contributed by atoms with Gasteiger partial charge >= 0.3 is 0 Å². The van der Waals surface area contributed by atoms with Gasteiger partial charge in [-0.3, -0.25) is 9.55 Å². The largest absolute Gasteiger partial charge is 0.437 e. The van der Waals surface area contributed by atoms with Gasteiger partial charge in [-0.2, -0.15) is 0 Å². The lowest BCUT2D eigenvalue weighted by Crippen LogP contribution is -2.00. The minimum Gasteiger partial charge on any atom is -0.437 e. The quantitative estimate of drug-likeness (QED) is 0.317. The van der Waals surface area contributed by atoms with E-state index in [0.29, 0.717) is 5.71 Å². The lowest BCUT2D eigenvalue weighted by molar-refractivity contribution is 0.653. The molecule has 32 heavy (non-hydrogen) atoms. The van der Waals surface area contributed by atoms with Gasteiger partial charge in [-0.15, -0.1) is 0 Å². The Morgan fingerprint density at radius 1 is 0.719 bits per heavy atom. The van der Waals surface area contributed by atoms with Crippen molar-refractivity contribution in [1.82, 2.24) is 19.5 Å². The van der Waals surface area contributed by atoms with E-state index in [4.69, 9.17) is 14.4 Å². The van der Waals surface area contributed by atoms with Gasteiger partial charge in [-0.25, -0.2) is 9.97 Å². The number of rotatable bonds is 2. The van der Waals surface area contributed by atoms with Crippen molar-refractivity contribution in [3.8, 4) is 17.1 Å². The van der Waals surface area contributed by atoms with Gasteiger partial charge < -0.3 is 4.42 Å². The molecule has 0 amide bonds. The summed E-state index contributed by atoms with van der Waals surface area (Å²) >= 11 is 0. The van der Waals surface area contributed by atoms with Gasteiger partial charge in [-0.1, -0.05) is 30.3 Å². The molecule has 4 aromatic heterocycles. The zero-order valence-corrected chi connectivity index (χ0v) is 18.5. The van der Waals surface area contributed by atoms with Crippen molar-refractivity contribution in [2.45, 2.75) is 27.7 Å². The molecule has 2 aromatic carbocycles. The molecule has 156 valence electrons. The third-order valence-electron chi connectivity index (χ3n) is 6.21. The smallest absolute Gasteiger partial charge is 0.227 e. The molecular formula is C27H22N4O. The van der Waals surface area contributed by atoms with Crippen LogP contribution in [0.4, 0.5) is 0 Å². The Bertz CT molecular complexity index is 1660. The molecule has 0 radical (unpaired) electrons. The highest BCUT2D eigenvalue weighted by atomic mass is 16.3. The zero-order chi connectivity index (χ0) is 22.0. The summed E-state index contributed by atoms with van der Waals surface area (Å²) in [6.07, 6.45) is 0. The van der Waals surface area contributed by atoms with E-state index in [9.17, 15) is 0 Å². The molecule has 5 heteroatoms. The number of fused-ring (bicyclic) bond motifs is 4. The van der Waals surface area contributed by atoms with Gasteiger partial charge in [0.15, 0.2) is 0 Å². The number of hydrogen-bond donors (Lipinski definition) is 0. The highest BCUT2D eigenvalue weighted by molar-refractivity contribution is 6.08. The van der Waals surface area contributed by atoms with Crippen LogP contribution in [0.3, 0.4) is 0 Å². The molecule has 0 spiro atoms. The van der Waals surface area contributed by atoms with Crippen molar-refractivity contribution >= 4 is 33.1 Å². The molecule has 0 bridgehead atoms. The van der Waals surface area contributed by atoms with Crippen LogP contribution in [0.15, 0.2) is 65.1 Å². The lowest BCUT2D eigenvalue weighted by atomic mass is 10.1. The summed E-state index contributed by atoms with van der Waals surface area (Å²) in [5.41, 5.74) is 9.44. The molecule has 0 aliphatic rings. The van der Waals surface area contributed by atoms with Gasteiger partial charge in [0.2, 0.25) is 5.71 Å². The first-order valence-corrected chi connectivity index (χ1v) is 10.7. The second-order valence-corrected chi connectivity index (χ2v) is 8.30. The number of imidazole rings is 1. The fraction of sp³-hybridized carbons (Fsp3) is 0.148. The highest BCUT2D eigenvalue weighted by Crippen LogP contribution is 2.38. The summed E-state index contributed by atoms with van der Waals surface area (Å²) in [5.74, 6) is 0.839. The number of benzene rings is 2. The number of pyridine rings is 2. The normalized spacial score (nSPS) is 11.8. The molecule has 4 heterocycles. The molecule has 0 saturated carbocycles. The minimum absolute atomic E-state index is 0.652. The van der Waals surface area contributed by atoms with E-state index >= 15 is 0 Å². The average Bonchev–Trinajstić information content (AvgIpc) is 3.37. The number of aryl methyl sites for hydroxylation is 4. The van der Waals surface area contributed by atoms with Gasteiger partial charge in [0.25, 0.3) is 0 Å². The second kappa shape index (κ2) is 6.76. The van der Waals surface area contributed by atoms with E-state index in [1.165, 1.54) is 0 Å². The highest BCUT2D eigenvalue weighted by Gasteiger charge is 2.22. The fourth-order valence-electron chi connectivity index (χ4n) is 4.53. The Morgan fingerprint density at radius 2 is 1.53 bits per heavy atom. The number of para-hydroxylation sites is 2. The van der Waals surface area contributed by atoms with Crippen molar-refractivity contribution in [1.29, 1.82) is 0 Å². The average molecular weight is 419 g/mol. The van der Waals surface area contributed by atoms with Crippen LogP contribution in [0, 0.1) is 27.7 Å². The maximum absolute atomic E-state index is 6.31. The summed E-state index contributed by atoms with van der Waals surface area (Å²) in [6, 6.07) is 20.7. The summed E-state index contributed by atoms with van der Waals surface area (Å²) < 4.78 is 8.54. The Morgan fingerprint density at radius 3 is 2.34 bits per heavy atom. The molecule has 0 aliphatic heterocycles. The van der Waals surface area contributed by atoms with Crippen LogP contribution in [-0.4, -0.2) is 19.5 Å². The first kappa shape index (κ1) is 18.8. The number of furan rings is 1. The molecule has 6 rings (SSSR count). The predicted molar refractivity (Wildman–Crippen MR) is 128 cm³/mol. The van der Waals surface area contributed by atoms with Crippen LogP contribution in [0.5, 0.6) is 0 Å². The second-order valence-electron chi connectivity index (χ2n) is 8.30. The molecule has 0 saturated heterocycles. The van der Waals surface area contributed by atoms with Crippen molar-refractivity contribution in [2.24, 2.45) is 0 Å². The molecule has 0 atom stereocenters. The third kappa shape index (κ3) is 2.61. The van der Waals surface area contributed by atoms with Gasteiger partial charge in [0, 0.05) is 27.8 Å². The standard InChI is InChI=1S/C27H22N4O/c1-15-13-14-21-20-11-8-12-22(25(20)32-27(21)28-15)26-30-23-18(4)29-17(3)16(2)24(23)31(26)19-9-6-5-7-10-19/h5-14H,1-4H3. The van der Waals surface area contributed by atoms with E-state index in [-0.39, 0.29) is 0 Å². The van der Waals surface area contributed by atoms with Crippen LogP contribution in [0.1, 0.15) is 22.6 Å². The SMILES string of the molecule is Cc1ccc2c(n1)oc1c(-c3nc4c(C)nc(C)c(C)c4n3-c3ccccc3)cccc12. The van der Waals surface area contributed by atoms with E-state index in [2.05, 4.69) is 71.9 Å². The molecule has 5 nitrogen and oxygen atoms in total. The Balaban J connectivity index is 1.78. The van der Waals surface area contributed by atoms with Crippen LogP contribution < -0.4 is 0 Å². The van der Waals surface area contributed by atoms with Crippen LogP contribution in [0.2, 0.25) is 0 Å². The first-order chi connectivity index (χ1) is 15.5. The van der Waals surface area contributed by atoms with Crippen molar-refractivity contribution < 1.29 is 4.42 Å². The third-order valence-corrected chi connectivity index (χ3v) is 6.21. The first-order valence-electron chi connectivity index (χ1n) is 10.7. The fourth-order valence-corrected chi connectivity index (χ4v) is 4.53. The molecular weight excluding hydrogens is 396 g/mol. The molecule has 0 N–H and O–H groups in total. The van der Waals surface area contributed by atoms with Crippen molar-refractivity contribution in [2.75, 3.05) is 0 Å². The maximum atomic E-state index is 6.31. The molecule has 0 fully saturated rings. The van der Waals surface area contributed by atoms with Crippen molar-refractivity contribution in [3.05, 3.63) is 83.3 Å². The lowest BCUT2D eigenvalue weighted by Gasteiger charge is -2.12. The van der Waals surface area contributed by atoms with Crippen LogP contribution >= 0.6 is 0 Å². The topological polar surface area (TPSA) is 56.7 Å². The summed E-state index contributed by atoms with van der Waals surface area (Å²) in [7, 11) is 0. The Hall–Kier alpha value is -3.99. The molecule has 6 aromatic rings. The van der Waals surface area contributed by atoms with E-state index < -0.39 is 0 Å². The Labute approximate surface area is 185 Å². The predicted octanol–water partition coefficient (Wildman–Crippen LogP) is 6.62.